The molecule has 0 bridgehead atoms. The Morgan fingerprint density at radius 2 is 2.14 bits per heavy atom. The molecule has 1 heterocycles. The average molecular weight is 381 g/mol. The number of H-pyrrole nitrogens is 1. The van der Waals surface area contributed by atoms with E-state index in [2.05, 4.69) is 4.98 Å². The van der Waals surface area contributed by atoms with E-state index in [1.54, 1.807) is 6.07 Å². The number of nitrogens with one attached hydrogen (secondary N) is 1. The molecule has 0 spiro atoms. The molecule has 2 aromatic carbocycles. The van der Waals surface area contributed by atoms with E-state index >= 15 is 0 Å². The first-order valence-electron chi connectivity index (χ1n) is 7.84. The molecule has 140 valence electrons. The number of carbonyl (C=O) groups is 1. The van der Waals surface area contributed by atoms with Crippen molar-refractivity contribution >= 4 is 28.4 Å². The Bertz CT molecular complexity index is 1190. The molecule has 0 unspecified atom stereocenters. The molecule has 8 nitrogen and oxygen atoms in total. The number of fused-ring (bicyclic) bond motifs is 1. The number of hydrogen-bond acceptors (Lipinski definition) is 6. The number of carbonyl (C=O) groups excluding carboxylic acids is 1. The zero-order valence-corrected chi connectivity index (χ0v) is 14.4. The van der Waals surface area contributed by atoms with Gasteiger partial charge in [0.15, 0.2) is 5.75 Å². The zero-order valence-electron chi connectivity index (χ0n) is 14.4. The molecule has 0 amide bonds. The summed E-state index contributed by atoms with van der Waals surface area (Å²) in [5.74, 6) is -1.95. The van der Waals surface area contributed by atoms with Gasteiger partial charge in [0.1, 0.15) is 17.5 Å². The highest BCUT2D eigenvalue weighted by Gasteiger charge is 2.21. The molecule has 0 saturated carbocycles. The van der Waals surface area contributed by atoms with Crippen LogP contribution in [0.1, 0.15) is 15.9 Å². The zero-order chi connectivity index (χ0) is 20.4. The maximum Gasteiger partial charge on any atom is 0.315 e. The van der Waals surface area contributed by atoms with Crippen molar-refractivity contribution in [2.24, 2.45) is 0 Å². The van der Waals surface area contributed by atoms with E-state index in [4.69, 9.17) is 4.74 Å². The predicted octanol–water partition coefficient (Wildman–Crippen LogP) is 3.72. The van der Waals surface area contributed by atoms with Crippen molar-refractivity contribution in [2.75, 3.05) is 7.11 Å². The van der Waals surface area contributed by atoms with Crippen LogP contribution >= 0.6 is 0 Å². The summed E-state index contributed by atoms with van der Waals surface area (Å²) in [7, 11) is 1.22. The van der Waals surface area contributed by atoms with Gasteiger partial charge in [-0.15, -0.1) is 0 Å². The van der Waals surface area contributed by atoms with E-state index in [1.165, 1.54) is 37.6 Å². The van der Waals surface area contributed by atoms with Crippen LogP contribution in [-0.2, 0) is 0 Å². The fraction of sp³-hybridized carbons (Fsp3) is 0.0526. The number of ketones is 1. The maximum atomic E-state index is 13.3. The summed E-state index contributed by atoms with van der Waals surface area (Å²) in [5.41, 5.74) is -0.257. The van der Waals surface area contributed by atoms with Gasteiger partial charge in [-0.2, -0.15) is 5.26 Å². The predicted molar refractivity (Wildman–Crippen MR) is 97.5 cm³/mol. The van der Waals surface area contributed by atoms with Crippen molar-refractivity contribution in [3.8, 4) is 17.6 Å². The quantitative estimate of drug-likeness (QED) is 0.228. The lowest BCUT2D eigenvalue weighted by atomic mass is 10.0. The van der Waals surface area contributed by atoms with E-state index in [-0.39, 0.29) is 22.4 Å². The number of hydrogen-bond donors (Lipinski definition) is 2. The maximum absolute atomic E-state index is 13.3. The summed E-state index contributed by atoms with van der Waals surface area (Å²) in [6, 6.07) is 7.87. The minimum absolute atomic E-state index is 0.122. The molecule has 0 saturated heterocycles. The molecule has 0 aliphatic heterocycles. The molecule has 3 aromatic rings. The number of benzene rings is 2. The van der Waals surface area contributed by atoms with Gasteiger partial charge in [0, 0.05) is 28.7 Å². The fourth-order valence-electron chi connectivity index (χ4n) is 2.74. The van der Waals surface area contributed by atoms with Crippen LogP contribution in [-0.4, -0.2) is 27.9 Å². The van der Waals surface area contributed by atoms with Crippen molar-refractivity contribution in [3.05, 3.63) is 69.2 Å². The number of aromatic nitrogens is 1. The number of aromatic amines is 1. The van der Waals surface area contributed by atoms with Crippen LogP contribution in [0.2, 0.25) is 0 Å². The van der Waals surface area contributed by atoms with Crippen LogP contribution < -0.4 is 4.74 Å². The minimum Gasteiger partial charge on any atom is -0.500 e. The van der Waals surface area contributed by atoms with Crippen LogP contribution in [0.3, 0.4) is 0 Å². The van der Waals surface area contributed by atoms with Gasteiger partial charge in [-0.1, -0.05) is 0 Å². The number of Topliss-reactive ketones (excluding diaryl/α,β-unsaturated/α-hetero) is 1. The number of rotatable bonds is 5. The summed E-state index contributed by atoms with van der Waals surface area (Å²) in [6.45, 7) is 0. The van der Waals surface area contributed by atoms with Crippen molar-refractivity contribution in [2.45, 2.75) is 0 Å². The molecule has 0 atom stereocenters. The normalized spacial score (nSPS) is 11.2. The number of phenols is 1. The molecule has 0 aliphatic carbocycles. The molecule has 0 radical (unpaired) electrons. The van der Waals surface area contributed by atoms with Gasteiger partial charge in [0.2, 0.25) is 11.5 Å². The van der Waals surface area contributed by atoms with Gasteiger partial charge in [-0.05, 0) is 35.9 Å². The SMILES string of the molecule is COc1cc(/C=C(/C#N)C(=O)c2c[nH]c3cc(F)ccc23)cc([N+](=O)[O-])c1O. The molecule has 0 aliphatic rings. The summed E-state index contributed by atoms with van der Waals surface area (Å²) in [6.07, 6.45) is 2.51. The van der Waals surface area contributed by atoms with Gasteiger partial charge >= 0.3 is 5.69 Å². The third kappa shape index (κ3) is 3.26. The topological polar surface area (TPSA) is 129 Å². The van der Waals surface area contributed by atoms with Crippen LogP contribution in [0.4, 0.5) is 10.1 Å². The van der Waals surface area contributed by atoms with Crippen molar-refractivity contribution in [1.82, 2.24) is 4.98 Å². The molecule has 2 N–H and O–H groups in total. The van der Waals surface area contributed by atoms with Gasteiger partial charge in [0.25, 0.3) is 0 Å². The Kier molecular flexibility index (Phi) is 4.78. The highest BCUT2D eigenvalue weighted by atomic mass is 19.1. The number of nitriles is 1. The number of methoxy groups -OCH3 is 1. The first-order valence-corrected chi connectivity index (χ1v) is 7.84. The largest absolute Gasteiger partial charge is 0.500 e. The van der Waals surface area contributed by atoms with Gasteiger partial charge in [-0.25, -0.2) is 4.39 Å². The van der Waals surface area contributed by atoms with Gasteiger partial charge in [0.05, 0.1) is 12.0 Å². The Morgan fingerprint density at radius 1 is 1.39 bits per heavy atom. The van der Waals surface area contributed by atoms with Crippen LogP contribution in [0.15, 0.2) is 42.1 Å². The number of halogens is 1. The highest BCUT2D eigenvalue weighted by Crippen LogP contribution is 2.37. The lowest BCUT2D eigenvalue weighted by Gasteiger charge is -2.06. The number of allylic oxidation sites excluding steroid dienone is 1. The summed E-state index contributed by atoms with van der Waals surface area (Å²) >= 11 is 0. The first-order chi connectivity index (χ1) is 13.3. The van der Waals surface area contributed by atoms with Crippen molar-refractivity contribution in [1.29, 1.82) is 5.26 Å². The van der Waals surface area contributed by atoms with E-state index in [1.807, 2.05) is 0 Å². The van der Waals surface area contributed by atoms with Crippen LogP contribution in [0, 0.1) is 27.3 Å². The number of aromatic hydroxyl groups is 1. The second-order valence-electron chi connectivity index (χ2n) is 5.74. The third-order valence-corrected chi connectivity index (χ3v) is 4.06. The molecular formula is C19H12FN3O5. The van der Waals surface area contributed by atoms with E-state index in [0.29, 0.717) is 10.9 Å². The standard InChI is InChI=1S/C19H12FN3O5/c1-28-17-6-10(5-16(19(17)25)23(26)27)4-11(8-21)18(24)14-9-22-15-7-12(20)2-3-13(14)15/h2-7,9,22,25H,1H3/b11-4-. The number of ether oxygens (including phenoxy) is 1. The fourth-order valence-corrected chi connectivity index (χ4v) is 2.74. The Morgan fingerprint density at radius 3 is 2.79 bits per heavy atom. The highest BCUT2D eigenvalue weighted by molar-refractivity contribution is 6.19. The van der Waals surface area contributed by atoms with Crippen molar-refractivity contribution < 1.29 is 24.0 Å². The Hall–Kier alpha value is -4.19. The smallest absolute Gasteiger partial charge is 0.315 e. The minimum atomic E-state index is -0.808. The van der Waals surface area contributed by atoms with Gasteiger partial charge in [-0.3, -0.25) is 14.9 Å². The second kappa shape index (κ2) is 7.20. The lowest BCUT2D eigenvalue weighted by Crippen LogP contribution is -2.01. The van der Waals surface area contributed by atoms with E-state index in [0.717, 1.165) is 12.1 Å². The van der Waals surface area contributed by atoms with E-state index < -0.39 is 28.0 Å². The number of nitro groups is 1. The molecule has 9 heteroatoms. The second-order valence-corrected chi connectivity index (χ2v) is 5.74. The van der Waals surface area contributed by atoms with Crippen LogP contribution in [0.5, 0.6) is 11.5 Å². The third-order valence-electron chi connectivity index (χ3n) is 4.06. The molecule has 1 aromatic heterocycles. The van der Waals surface area contributed by atoms with Crippen molar-refractivity contribution in [3.63, 3.8) is 0 Å². The summed E-state index contributed by atoms with van der Waals surface area (Å²) < 4.78 is 18.2. The lowest BCUT2D eigenvalue weighted by molar-refractivity contribution is -0.386. The summed E-state index contributed by atoms with van der Waals surface area (Å²) in [5, 5.41) is 30.8. The van der Waals surface area contributed by atoms with E-state index in [9.17, 15) is 29.7 Å². The first kappa shape index (κ1) is 18.6. The Balaban J connectivity index is 2.09. The average Bonchev–Trinajstić information content (AvgIpc) is 3.09. The molecule has 0 fully saturated rings. The number of nitro benzene ring substituents is 1. The molecular weight excluding hydrogens is 369 g/mol. The summed E-state index contributed by atoms with van der Waals surface area (Å²) in [4.78, 5) is 25.8. The molecule has 28 heavy (non-hydrogen) atoms. The van der Waals surface area contributed by atoms with Crippen LogP contribution in [0.25, 0.3) is 17.0 Å². The van der Waals surface area contributed by atoms with Gasteiger partial charge < -0.3 is 14.8 Å². The number of phenolic OH excluding ortho intramolecular Hbond substituents is 1. The number of nitrogens with zero attached hydrogens (tertiary/aromatic N) is 2. The monoisotopic (exact) mass is 381 g/mol. The Labute approximate surface area is 157 Å². The molecule has 3 rings (SSSR count).